The lowest BCUT2D eigenvalue weighted by molar-refractivity contribution is -0.121. The van der Waals surface area contributed by atoms with Crippen LogP contribution in [0, 0.1) is 5.92 Å². The van der Waals surface area contributed by atoms with E-state index in [-0.39, 0.29) is 5.91 Å². The number of hydrogen-bond donors (Lipinski definition) is 2. The minimum absolute atomic E-state index is 0.0405. The largest absolute Gasteiger partial charge is 0.391 e. The van der Waals surface area contributed by atoms with Gasteiger partial charge in [0.15, 0.2) is 0 Å². The molecule has 1 atom stereocenters. The molecule has 0 fully saturated rings. The molecule has 3 nitrogen and oxygen atoms in total. The first-order valence-electron chi connectivity index (χ1n) is 5.58. The molecular formula is C11H23NO2S. The van der Waals surface area contributed by atoms with Gasteiger partial charge in [-0.1, -0.05) is 20.8 Å². The molecule has 0 aliphatic carbocycles. The first-order chi connectivity index (χ1) is 7.06. The Labute approximate surface area is 97.0 Å². The van der Waals surface area contributed by atoms with E-state index in [1.54, 1.807) is 11.8 Å². The number of aliphatic hydroxyl groups is 1. The summed E-state index contributed by atoms with van der Waals surface area (Å²) in [7, 11) is 0. The Kier molecular flexibility index (Phi) is 8.91. The van der Waals surface area contributed by atoms with Crippen molar-refractivity contribution in [1.29, 1.82) is 0 Å². The molecule has 0 aliphatic rings. The smallest absolute Gasteiger partial charge is 0.220 e. The third-order valence-corrected chi connectivity index (χ3v) is 2.86. The standard InChI is InChI=1S/C11H23NO2S/c1-4-15-6-5-11(14)12-8-10(13)7-9(2)3/h9-10,13H,4-8H2,1-3H3,(H,12,14). The van der Waals surface area contributed by atoms with Crippen molar-refractivity contribution in [1.82, 2.24) is 5.32 Å². The van der Waals surface area contributed by atoms with Crippen molar-refractivity contribution in [2.75, 3.05) is 18.1 Å². The topological polar surface area (TPSA) is 49.3 Å². The van der Waals surface area contributed by atoms with Gasteiger partial charge >= 0.3 is 0 Å². The van der Waals surface area contributed by atoms with E-state index in [4.69, 9.17) is 0 Å². The predicted molar refractivity (Wildman–Crippen MR) is 66.1 cm³/mol. The number of aliphatic hydroxyl groups excluding tert-OH is 1. The first-order valence-corrected chi connectivity index (χ1v) is 6.74. The van der Waals surface area contributed by atoms with Gasteiger partial charge in [0.25, 0.3) is 0 Å². The Morgan fingerprint density at radius 1 is 1.47 bits per heavy atom. The average Bonchev–Trinajstić information content (AvgIpc) is 2.14. The third kappa shape index (κ3) is 10.1. The molecule has 1 amide bonds. The summed E-state index contributed by atoms with van der Waals surface area (Å²) in [5, 5.41) is 12.3. The van der Waals surface area contributed by atoms with Crippen molar-refractivity contribution in [3.63, 3.8) is 0 Å². The highest BCUT2D eigenvalue weighted by Crippen LogP contribution is 2.04. The number of carbonyl (C=O) groups excluding carboxylic acids is 1. The molecule has 0 aromatic heterocycles. The molecule has 15 heavy (non-hydrogen) atoms. The van der Waals surface area contributed by atoms with Crippen LogP contribution in [0.1, 0.15) is 33.6 Å². The molecule has 0 saturated heterocycles. The molecule has 0 radical (unpaired) electrons. The highest BCUT2D eigenvalue weighted by molar-refractivity contribution is 7.99. The summed E-state index contributed by atoms with van der Waals surface area (Å²) in [6, 6.07) is 0. The van der Waals surface area contributed by atoms with Gasteiger partial charge in [0.1, 0.15) is 0 Å². The molecule has 1 unspecified atom stereocenters. The SMILES string of the molecule is CCSCCC(=O)NCC(O)CC(C)C. The van der Waals surface area contributed by atoms with E-state index in [1.165, 1.54) is 0 Å². The Morgan fingerprint density at radius 2 is 2.13 bits per heavy atom. The number of carbonyl (C=O) groups is 1. The van der Waals surface area contributed by atoms with E-state index in [9.17, 15) is 9.90 Å². The zero-order valence-corrected chi connectivity index (χ0v) is 10.8. The zero-order chi connectivity index (χ0) is 11.7. The van der Waals surface area contributed by atoms with Crippen molar-refractivity contribution in [3.05, 3.63) is 0 Å². The highest BCUT2D eigenvalue weighted by atomic mass is 32.2. The quantitative estimate of drug-likeness (QED) is 0.627. The summed E-state index contributed by atoms with van der Waals surface area (Å²) >= 11 is 1.76. The fourth-order valence-electron chi connectivity index (χ4n) is 1.26. The van der Waals surface area contributed by atoms with Gasteiger partial charge in [-0.05, 0) is 18.1 Å². The maximum absolute atomic E-state index is 11.3. The number of thioether (sulfide) groups is 1. The van der Waals surface area contributed by atoms with E-state index in [2.05, 4.69) is 26.1 Å². The van der Waals surface area contributed by atoms with Gasteiger partial charge < -0.3 is 10.4 Å². The average molecular weight is 233 g/mol. The van der Waals surface area contributed by atoms with E-state index in [1.807, 2.05) is 0 Å². The Morgan fingerprint density at radius 3 is 2.67 bits per heavy atom. The minimum atomic E-state index is -0.409. The summed E-state index contributed by atoms with van der Waals surface area (Å²) in [5.41, 5.74) is 0. The number of nitrogens with one attached hydrogen (secondary N) is 1. The normalized spacial score (nSPS) is 12.9. The van der Waals surface area contributed by atoms with Crippen molar-refractivity contribution in [3.8, 4) is 0 Å². The molecule has 0 aromatic rings. The second-order valence-electron chi connectivity index (χ2n) is 4.03. The molecule has 0 aromatic carbocycles. The van der Waals surface area contributed by atoms with Crippen LogP contribution in [0.5, 0.6) is 0 Å². The van der Waals surface area contributed by atoms with Crippen LogP contribution in [0.4, 0.5) is 0 Å². The third-order valence-electron chi connectivity index (χ3n) is 1.96. The highest BCUT2D eigenvalue weighted by Gasteiger charge is 2.08. The molecule has 4 heteroatoms. The van der Waals surface area contributed by atoms with E-state index < -0.39 is 6.10 Å². The molecular weight excluding hydrogens is 210 g/mol. The summed E-state index contributed by atoms with van der Waals surface area (Å²) in [5.74, 6) is 2.41. The van der Waals surface area contributed by atoms with Crippen LogP contribution in [-0.4, -0.2) is 35.2 Å². The van der Waals surface area contributed by atoms with Gasteiger partial charge in [0.2, 0.25) is 5.91 Å². The van der Waals surface area contributed by atoms with Gasteiger partial charge in [-0.25, -0.2) is 0 Å². The minimum Gasteiger partial charge on any atom is -0.391 e. The van der Waals surface area contributed by atoms with Crippen molar-refractivity contribution < 1.29 is 9.90 Å². The van der Waals surface area contributed by atoms with Gasteiger partial charge in [-0.3, -0.25) is 4.79 Å². The zero-order valence-electron chi connectivity index (χ0n) is 9.95. The first kappa shape index (κ1) is 14.8. The second kappa shape index (κ2) is 9.04. The number of amides is 1. The number of rotatable bonds is 8. The maximum atomic E-state index is 11.3. The Bertz CT molecular complexity index is 174. The van der Waals surface area contributed by atoms with Crippen molar-refractivity contribution in [2.24, 2.45) is 5.92 Å². The Hall–Kier alpha value is -0.220. The fraction of sp³-hybridized carbons (Fsp3) is 0.909. The van der Waals surface area contributed by atoms with Crippen LogP contribution in [0.25, 0.3) is 0 Å². The van der Waals surface area contributed by atoms with E-state index >= 15 is 0 Å². The Balaban J connectivity index is 3.44. The van der Waals surface area contributed by atoms with Crippen LogP contribution in [0.2, 0.25) is 0 Å². The van der Waals surface area contributed by atoms with Gasteiger partial charge in [0.05, 0.1) is 6.10 Å². The van der Waals surface area contributed by atoms with Crippen LogP contribution < -0.4 is 5.32 Å². The number of hydrogen-bond acceptors (Lipinski definition) is 3. The van der Waals surface area contributed by atoms with Crippen LogP contribution in [0.3, 0.4) is 0 Å². The molecule has 2 N–H and O–H groups in total. The van der Waals surface area contributed by atoms with Gasteiger partial charge in [-0.2, -0.15) is 11.8 Å². The van der Waals surface area contributed by atoms with Gasteiger partial charge in [0, 0.05) is 18.7 Å². The monoisotopic (exact) mass is 233 g/mol. The molecule has 0 rings (SSSR count). The summed E-state index contributed by atoms with van der Waals surface area (Å²) in [4.78, 5) is 11.3. The van der Waals surface area contributed by atoms with E-state index in [0.717, 1.165) is 17.9 Å². The van der Waals surface area contributed by atoms with Crippen molar-refractivity contribution >= 4 is 17.7 Å². The van der Waals surface area contributed by atoms with Gasteiger partial charge in [-0.15, -0.1) is 0 Å². The van der Waals surface area contributed by atoms with Crippen molar-refractivity contribution in [2.45, 2.75) is 39.7 Å². The lowest BCUT2D eigenvalue weighted by atomic mass is 10.1. The maximum Gasteiger partial charge on any atom is 0.220 e. The van der Waals surface area contributed by atoms with Crippen LogP contribution >= 0.6 is 11.8 Å². The molecule has 0 aliphatic heterocycles. The summed E-state index contributed by atoms with van der Waals surface area (Å²) in [6.07, 6.45) is 0.879. The molecule has 0 bridgehead atoms. The molecule has 90 valence electrons. The summed E-state index contributed by atoms with van der Waals surface area (Å²) < 4.78 is 0. The second-order valence-corrected chi connectivity index (χ2v) is 5.43. The fourth-order valence-corrected chi connectivity index (χ4v) is 1.88. The predicted octanol–water partition coefficient (Wildman–Crippen LogP) is 1.65. The van der Waals surface area contributed by atoms with E-state index in [0.29, 0.717) is 18.9 Å². The molecule has 0 spiro atoms. The summed E-state index contributed by atoms with van der Waals surface area (Å²) in [6.45, 7) is 6.58. The molecule has 0 heterocycles. The lowest BCUT2D eigenvalue weighted by Crippen LogP contribution is -2.32. The molecule has 0 saturated carbocycles. The lowest BCUT2D eigenvalue weighted by Gasteiger charge is -2.13. The van der Waals surface area contributed by atoms with Crippen LogP contribution in [0.15, 0.2) is 0 Å². The van der Waals surface area contributed by atoms with Crippen LogP contribution in [-0.2, 0) is 4.79 Å².